The first-order valence-corrected chi connectivity index (χ1v) is 7.20. The Morgan fingerprint density at radius 2 is 2.25 bits per heavy atom. The largest absolute Gasteiger partial charge is 0.464 e. The minimum atomic E-state index is -0.778. The van der Waals surface area contributed by atoms with Crippen LogP contribution < -0.4 is 5.32 Å². The molecule has 1 unspecified atom stereocenters. The van der Waals surface area contributed by atoms with Crippen molar-refractivity contribution in [1.82, 2.24) is 15.1 Å². The zero-order valence-electron chi connectivity index (χ0n) is 11.6. The molecular weight excluding hydrogens is 302 g/mol. The van der Waals surface area contributed by atoms with E-state index in [1.54, 1.807) is 20.8 Å². The number of carbonyl (C=O) groups is 2. The smallest absolute Gasteiger partial charge is 0.329 e. The number of nitrogens with zero attached hydrogens (tertiary/aromatic N) is 2. The highest BCUT2D eigenvalue weighted by Gasteiger charge is 2.25. The summed E-state index contributed by atoms with van der Waals surface area (Å²) in [6, 6.07) is -1.36. The van der Waals surface area contributed by atoms with Gasteiger partial charge in [-0.25, -0.2) is 4.79 Å². The fourth-order valence-electron chi connectivity index (χ4n) is 1.62. The summed E-state index contributed by atoms with van der Waals surface area (Å²) in [4.78, 5) is 23.7. The third-order valence-corrected chi connectivity index (χ3v) is 3.54. The van der Waals surface area contributed by atoms with Crippen molar-refractivity contribution in [1.29, 1.82) is 0 Å². The third kappa shape index (κ3) is 3.89. The highest BCUT2D eigenvalue weighted by atomic mass is 35.5. The van der Waals surface area contributed by atoms with Gasteiger partial charge >= 0.3 is 5.97 Å². The Bertz CT molecular complexity index is 492. The summed E-state index contributed by atoms with van der Waals surface area (Å²) in [6.07, 6.45) is 1.47. The number of rotatable bonds is 6. The molecule has 0 aliphatic rings. The van der Waals surface area contributed by atoms with Gasteiger partial charge < -0.3 is 10.1 Å². The Labute approximate surface area is 128 Å². The zero-order valence-corrected chi connectivity index (χ0v) is 13.2. The molecule has 6 nitrogen and oxygen atoms in total. The van der Waals surface area contributed by atoms with Crippen LogP contribution in [-0.4, -0.2) is 40.1 Å². The predicted molar refractivity (Wildman–Crippen MR) is 79.1 cm³/mol. The fourth-order valence-corrected chi connectivity index (χ4v) is 1.99. The van der Waals surface area contributed by atoms with Crippen LogP contribution in [0.3, 0.4) is 0 Å². The van der Waals surface area contributed by atoms with Gasteiger partial charge in [0, 0.05) is 5.75 Å². The van der Waals surface area contributed by atoms with Crippen LogP contribution in [-0.2, 0) is 14.3 Å². The number of carbonyl (C=O) groups excluding carboxylic acids is 2. The summed E-state index contributed by atoms with van der Waals surface area (Å²) in [7, 11) is 0. The van der Waals surface area contributed by atoms with Crippen LogP contribution in [0.2, 0.25) is 5.02 Å². The first kappa shape index (κ1) is 16.8. The summed E-state index contributed by atoms with van der Waals surface area (Å²) >= 11 is 9.94. The van der Waals surface area contributed by atoms with Gasteiger partial charge in [-0.15, -0.1) is 0 Å². The summed E-state index contributed by atoms with van der Waals surface area (Å²) in [6.45, 7) is 5.39. The lowest BCUT2D eigenvalue weighted by Gasteiger charge is -2.19. The Balaban J connectivity index is 2.74. The lowest BCUT2D eigenvalue weighted by molar-refractivity contribution is -0.147. The normalized spacial score (nSPS) is 13.7. The number of hydrogen-bond acceptors (Lipinski definition) is 5. The van der Waals surface area contributed by atoms with Gasteiger partial charge in [-0.05, 0) is 20.8 Å². The molecule has 1 heterocycles. The van der Waals surface area contributed by atoms with E-state index in [0.717, 1.165) is 0 Å². The lowest BCUT2D eigenvalue weighted by atomic mass is 10.2. The van der Waals surface area contributed by atoms with Gasteiger partial charge in [-0.1, -0.05) is 11.6 Å². The number of hydrogen-bond donors (Lipinski definition) is 2. The summed E-state index contributed by atoms with van der Waals surface area (Å²) in [5.41, 5.74) is 0.688. The molecule has 112 valence electrons. The topological polar surface area (TPSA) is 73.2 Å². The molecule has 0 fully saturated rings. The standard InChI is InChI=1S/C12H18ClN3O3S/c1-4-19-12(18)10(6-20)15-11(17)8(3)16-7(2)9(13)5-14-16/h5,8,10,20H,4,6H2,1-3H3,(H,15,17)/t8?,10-/m0/s1. The number of esters is 1. The van der Waals surface area contributed by atoms with Gasteiger partial charge in [-0.3, -0.25) is 9.48 Å². The van der Waals surface area contributed by atoms with Crippen molar-refractivity contribution >= 4 is 36.1 Å². The van der Waals surface area contributed by atoms with E-state index in [9.17, 15) is 9.59 Å². The molecule has 0 bridgehead atoms. The molecule has 20 heavy (non-hydrogen) atoms. The van der Waals surface area contributed by atoms with Crippen molar-refractivity contribution < 1.29 is 14.3 Å². The Kier molecular flexibility index (Phi) is 6.35. The van der Waals surface area contributed by atoms with Gasteiger partial charge in [0.05, 0.1) is 23.5 Å². The second kappa shape index (κ2) is 7.54. The highest BCUT2D eigenvalue weighted by Crippen LogP contribution is 2.17. The molecular formula is C12H18ClN3O3S. The van der Waals surface area contributed by atoms with E-state index in [1.807, 2.05) is 0 Å². The van der Waals surface area contributed by atoms with Crippen molar-refractivity contribution in [3.63, 3.8) is 0 Å². The van der Waals surface area contributed by atoms with E-state index in [1.165, 1.54) is 10.9 Å². The molecule has 0 saturated heterocycles. The van der Waals surface area contributed by atoms with Crippen LogP contribution in [0.1, 0.15) is 25.6 Å². The first-order valence-electron chi connectivity index (χ1n) is 6.19. The van der Waals surface area contributed by atoms with Crippen LogP contribution in [0.15, 0.2) is 6.20 Å². The Hall–Kier alpha value is -1.21. The predicted octanol–water partition coefficient (Wildman–Crippen LogP) is 1.38. The van der Waals surface area contributed by atoms with E-state index in [-0.39, 0.29) is 18.3 Å². The van der Waals surface area contributed by atoms with Crippen LogP contribution in [0.5, 0.6) is 0 Å². The van der Waals surface area contributed by atoms with Gasteiger partial charge in [0.1, 0.15) is 12.1 Å². The maximum Gasteiger partial charge on any atom is 0.329 e. The molecule has 8 heteroatoms. The van der Waals surface area contributed by atoms with E-state index in [4.69, 9.17) is 16.3 Å². The van der Waals surface area contributed by atoms with Crippen LogP contribution in [0.25, 0.3) is 0 Å². The molecule has 0 aliphatic carbocycles. The summed E-state index contributed by atoms with van der Waals surface area (Å²) < 4.78 is 6.36. The Morgan fingerprint density at radius 3 is 2.70 bits per heavy atom. The monoisotopic (exact) mass is 319 g/mol. The second-order valence-corrected chi connectivity index (χ2v) is 4.97. The number of thiol groups is 1. The zero-order chi connectivity index (χ0) is 15.3. The number of nitrogens with one attached hydrogen (secondary N) is 1. The minimum Gasteiger partial charge on any atom is -0.464 e. The number of ether oxygens (including phenoxy) is 1. The van der Waals surface area contributed by atoms with Crippen molar-refractivity contribution in [3.05, 3.63) is 16.9 Å². The van der Waals surface area contributed by atoms with Crippen LogP contribution in [0.4, 0.5) is 0 Å². The quantitative estimate of drug-likeness (QED) is 0.614. The van der Waals surface area contributed by atoms with Gasteiger partial charge in [0.15, 0.2) is 0 Å². The third-order valence-electron chi connectivity index (χ3n) is 2.80. The molecule has 1 N–H and O–H groups in total. The highest BCUT2D eigenvalue weighted by molar-refractivity contribution is 7.80. The van der Waals surface area contributed by atoms with E-state index in [0.29, 0.717) is 10.7 Å². The minimum absolute atomic E-state index is 0.163. The van der Waals surface area contributed by atoms with Gasteiger partial charge in [0.2, 0.25) is 5.91 Å². The average Bonchev–Trinajstić information content (AvgIpc) is 2.75. The summed E-state index contributed by atoms with van der Waals surface area (Å²) in [5.74, 6) is -0.686. The average molecular weight is 320 g/mol. The van der Waals surface area contributed by atoms with Crippen molar-refractivity contribution in [2.45, 2.75) is 32.9 Å². The van der Waals surface area contributed by atoms with Gasteiger partial charge in [0.25, 0.3) is 0 Å². The fraction of sp³-hybridized carbons (Fsp3) is 0.583. The number of aromatic nitrogens is 2. The maximum atomic E-state index is 12.1. The van der Waals surface area contributed by atoms with Crippen LogP contribution in [0, 0.1) is 6.92 Å². The Morgan fingerprint density at radius 1 is 1.60 bits per heavy atom. The molecule has 0 aliphatic heterocycles. The van der Waals surface area contributed by atoms with Crippen molar-refractivity contribution in [2.75, 3.05) is 12.4 Å². The van der Waals surface area contributed by atoms with E-state index < -0.39 is 18.1 Å². The molecule has 1 rings (SSSR count). The molecule has 0 radical (unpaired) electrons. The van der Waals surface area contributed by atoms with Crippen molar-refractivity contribution in [3.8, 4) is 0 Å². The lowest BCUT2D eigenvalue weighted by Crippen LogP contribution is -2.45. The van der Waals surface area contributed by atoms with Gasteiger partial charge in [-0.2, -0.15) is 17.7 Å². The first-order chi connectivity index (χ1) is 9.42. The molecule has 2 atom stereocenters. The van der Waals surface area contributed by atoms with Crippen LogP contribution >= 0.6 is 24.2 Å². The maximum absolute atomic E-state index is 12.1. The van der Waals surface area contributed by atoms with Crippen molar-refractivity contribution in [2.24, 2.45) is 0 Å². The molecule has 0 aromatic carbocycles. The molecule has 0 saturated carbocycles. The second-order valence-electron chi connectivity index (χ2n) is 4.19. The van der Waals surface area contributed by atoms with E-state index in [2.05, 4.69) is 23.0 Å². The molecule has 1 aromatic heterocycles. The molecule has 1 amide bonds. The molecule has 0 spiro atoms. The number of amides is 1. The SMILES string of the molecule is CCOC(=O)[C@H](CS)NC(=O)C(C)n1ncc(Cl)c1C. The summed E-state index contributed by atoms with van der Waals surface area (Å²) in [5, 5.41) is 7.12. The number of halogens is 1. The molecule has 1 aromatic rings. The van der Waals surface area contributed by atoms with E-state index >= 15 is 0 Å².